The Morgan fingerprint density at radius 2 is 0.536 bits per heavy atom. The van der Waals surface area contributed by atoms with E-state index in [0.717, 1.165) is 70.6 Å². The average molecular weight is 958 g/mol. The van der Waals surface area contributed by atoms with E-state index in [0.29, 0.717) is 19.3 Å². The van der Waals surface area contributed by atoms with Crippen molar-refractivity contribution >= 4 is 17.9 Å². The minimum Gasteiger partial charge on any atom is -0.462 e. The number of ether oxygens (including phenoxy) is 3. The second-order valence-electron chi connectivity index (χ2n) is 18.5. The molecule has 0 aromatic heterocycles. The Bertz CT molecular complexity index is 1420. The molecule has 0 unspecified atom stereocenters. The first-order valence-electron chi connectivity index (χ1n) is 28.4. The van der Waals surface area contributed by atoms with E-state index in [2.05, 4.69) is 130 Å². The molecule has 0 aliphatic carbocycles. The van der Waals surface area contributed by atoms with Gasteiger partial charge >= 0.3 is 17.9 Å². The fraction of sp³-hybridized carbons (Fsp3) is 0.667. The van der Waals surface area contributed by atoms with Gasteiger partial charge in [-0.2, -0.15) is 0 Å². The molecule has 0 rings (SSSR count). The summed E-state index contributed by atoms with van der Waals surface area (Å²) in [7, 11) is 0. The molecule has 0 heterocycles. The Morgan fingerprint density at radius 3 is 0.913 bits per heavy atom. The van der Waals surface area contributed by atoms with Crippen LogP contribution in [0.2, 0.25) is 0 Å². The van der Waals surface area contributed by atoms with Gasteiger partial charge in [-0.3, -0.25) is 14.4 Å². The second kappa shape index (κ2) is 56.7. The first kappa shape index (κ1) is 65.1. The van der Waals surface area contributed by atoms with Crippen molar-refractivity contribution in [1.29, 1.82) is 0 Å². The van der Waals surface area contributed by atoms with Crippen molar-refractivity contribution in [3.8, 4) is 0 Å². The Kier molecular flexibility index (Phi) is 53.4. The standard InChI is InChI=1S/C63H104O6/c1-4-7-10-13-16-19-22-25-28-31-34-37-40-43-46-49-52-55-61(64)67-58-60(69-63(66)57-54-51-48-45-42-39-36-33-30-27-24-21-18-15-12-9-6-3)59-68-62(65)56-53-50-47-44-41-38-35-32-29-26-23-20-17-14-11-8-5-2/h16,18-19,21,25-30,34,36-37,39,43,45-46,48,60H,4-15,17,20,22-24,31-33,35,38,40-42,44,47,49-59H2,1-3H3/t60-/m0/s1. The van der Waals surface area contributed by atoms with Crippen molar-refractivity contribution in [2.75, 3.05) is 13.2 Å². The summed E-state index contributed by atoms with van der Waals surface area (Å²) in [4.78, 5) is 38.1. The maximum Gasteiger partial charge on any atom is 0.306 e. The Morgan fingerprint density at radius 1 is 0.290 bits per heavy atom. The number of hydrogen-bond donors (Lipinski definition) is 0. The van der Waals surface area contributed by atoms with E-state index < -0.39 is 6.10 Å². The van der Waals surface area contributed by atoms with Crippen molar-refractivity contribution in [2.24, 2.45) is 0 Å². The first-order valence-corrected chi connectivity index (χ1v) is 28.4. The van der Waals surface area contributed by atoms with Gasteiger partial charge in [0, 0.05) is 19.3 Å². The molecule has 0 aliphatic heterocycles. The highest BCUT2D eigenvalue weighted by Crippen LogP contribution is 2.13. The van der Waals surface area contributed by atoms with Crippen LogP contribution in [0.4, 0.5) is 0 Å². The average Bonchev–Trinajstić information content (AvgIpc) is 3.35. The number of unbranched alkanes of at least 4 members (excludes halogenated alkanes) is 21. The highest BCUT2D eigenvalue weighted by Gasteiger charge is 2.19. The maximum absolute atomic E-state index is 12.8. The molecule has 0 N–H and O–H groups in total. The zero-order valence-corrected chi connectivity index (χ0v) is 44.8. The maximum atomic E-state index is 12.8. The van der Waals surface area contributed by atoms with Gasteiger partial charge in [0.1, 0.15) is 13.2 Å². The molecule has 392 valence electrons. The third-order valence-corrected chi connectivity index (χ3v) is 11.7. The quantitative estimate of drug-likeness (QED) is 0.0262. The van der Waals surface area contributed by atoms with Crippen LogP contribution >= 0.6 is 0 Å². The summed E-state index contributed by atoms with van der Waals surface area (Å²) in [5, 5.41) is 0. The van der Waals surface area contributed by atoms with Crippen LogP contribution in [0, 0.1) is 0 Å². The number of rotatable bonds is 50. The molecule has 0 bridgehead atoms. The van der Waals surface area contributed by atoms with E-state index in [-0.39, 0.29) is 44.0 Å². The summed E-state index contributed by atoms with van der Waals surface area (Å²) in [6, 6.07) is 0. The van der Waals surface area contributed by atoms with Crippen LogP contribution in [0.25, 0.3) is 0 Å². The number of allylic oxidation sites excluding steroid dienone is 18. The van der Waals surface area contributed by atoms with E-state index in [4.69, 9.17) is 14.2 Å². The van der Waals surface area contributed by atoms with Gasteiger partial charge in [0.2, 0.25) is 0 Å². The lowest BCUT2D eigenvalue weighted by Gasteiger charge is -2.18. The van der Waals surface area contributed by atoms with Gasteiger partial charge in [-0.25, -0.2) is 0 Å². The van der Waals surface area contributed by atoms with Crippen molar-refractivity contribution in [3.63, 3.8) is 0 Å². The van der Waals surface area contributed by atoms with Crippen LogP contribution in [0.1, 0.15) is 252 Å². The van der Waals surface area contributed by atoms with Crippen molar-refractivity contribution in [1.82, 2.24) is 0 Å². The molecule has 0 aromatic rings. The number of hydrogen-bond acceptors (Lipinski definition) is 6. The number of carbonyl (C=O) groups excluding carboxylic acids is 3. The van der Waals surface area contributed by atoms with Crippen LogP contribution in [0.3, 0.4) is 0 Å². The van der Waals surface area contributed by atoms with Gasteiger partial charge in [0.25, 0.3) is 0 Å². The number of carbonyl (C=O) groups is 3. The molecular formula is C63H104O6. The van der Waals surface area contributed by atoms with Gasteiger partial charge in [-0.05, 0) is 122 Å². The molecule has 0 aromatic carbocycles. The second-order valence-corrected chi connectivity index (χ2v) is 18.5. The SMILES string of the molecule is CCCCCC=CCC=CCC=CCC=CCCCC(=O)OC[C@@H](COC(=O)CCCCCCCCCC=CCCCCCCCC)OC(=O)CCCC=CCC=CCC=CCC=CCCCCC. The van der Waals surface area contributed by atoms with Crippen LogP contribution in [0.15, 0.2) is 109 Å². The van der Waals surface area contributed by atoms with Crippen LogP contribution in [0.5, 0.6) is 0 Å². The summed E-state index contributed by atoms with van der Waals surface area (Å²) >= 11 is 0. The van der Waals surface area contributed by atoms with Gasteiger partial charge in [0.05, 0.1) is 0 Å². The third-order valence-electron chi connectivity index (χ3n) is 11.7. The van der Waals surface area contributed by atoms with Crippen molar-refractivity contribution in [2.45, 2.75) is 258 Å². The fourth-order valence-corrected chi connectivity index (χ4v) is 7.42. The highest BCUT2D eigenvalue weighted by molar-refractivity contribution is 5.71. The highest BCUT2D eigenvalue weighted by atomic mass is 16.6. The normalized spacial score (nSPS) is 12.9. The monoisotopic (exact) mass is 957 g/mol. The van der Waals surface area contributed by atoms with Crippen molar-refractivity contribution < 1.29 is 28.6 Å². The molecule has 0 amide bonds. The molecule has 0 spiro atoms. The predicted molar refractivity (Wildman–Crippen MR) is 297 cm³/mol. The minimum atomic E-state index is -0.833. The molecule has 6 heteroatoms. The lowest BCUT2D eigenvalue weighted by atomic mass is 10.1. The molecule has 6 nitrogen and oxygen atoms in total. The summed E-state index contributed by atoms with van der Waals surface area (Å²) in [5.74, 6) is -1.04. The van der Waals surface area contributed by atoms with Crippen LogP contribution in [-0.2, 0) is 28.6 Å². The molecule has 0 saturated carbocycles. The summed E-state index contributed by atoms with van der Waals surface area (Å²) in [6.07, 6.45) is 76.5. The van der Waals surface area contributed by atoms with E-state index >= 15 is 0 Å². The lowest BCUT2D eigenvalue weighted by molar-refractivity contribution is -0.167. The fourth-order valence-electron chi connectivity index (χ4n) is 7.42. The molecule has 0 radical (unpaired) electrons. The molecule has 0 saturated heterocycles. The molecular weight excluding hydrogens is 853 g/mol. The lowest BCUT2D eigenvalue weighted by Crippen LogP contribution is -2.30. The zero-order valence-electron chi connectivity index (χ0n) is 44.8. The first-order chi connectivity index (χ1) is 34.0. The van der Waals surface area contributed by atoms with Crippen LogP contribution < -0.4 is 0 Å². The Hall–Kier alpha value is -3.93. The summed E-state index contributed by atoms with van der Waals surface area (Å²) < 4.78 is 16.8. The van der Waals surface area contributed by atoms with Gasteiger partial charge in [-0.1, -0.05) is 220 Å². The molecule has 69 heavy (non-hydrogen) atoms. The van der Waals surface area contributed by atoms with E-state index in [1.807, 2.05) is 0 Å². The predicted octanol–water partition coefficient (Wildman–Crippen LogP) is 19.1. The largest absolute Gasteiger partial charge is 0.462 e. The molecule has 0 aliphatic rings. The Balaban J connectivity index is 4.57. The molecule has 0 fully saturated rings. The van der Waals surface area contributed by atoms with Gasteiger partial charge in [-0.15, -0.1) is 0 Å². The van der Waals surface area contributed by atoms with Gasteiger partial charge in [0.15, 0.2) is 6.10 Å². The van der Waals surface area contributed by atoms with Gasteiger partial charge < -0.3 is 14.2 Å². The molecule has 1 atom stereocenters. The zero-order chi connectivity index (χ0) is 50.0. The van der Waals surface area contributed by atoms with E-state index in [1.165, 1.54) is 128 Å². The summed E-state index contributed by atoms with van der Waals surface area (Å²) in [6.45, 7) is 6.48. The minimum absolute atomic E-state index is 0.120. The summed E-state index contributed by atoms with van der Waals surface area (Å²) in [5.41, 5.74) is 0. The van der Waals surface area contributed by atoms with Crippen molar-refractivity contribution in [3.05, 3.63) is 109 Å². The van der Waals surface area contributed by atoms with E-state index in [1.54, 1.807) is 0 Å². The smallest absolute Gasteiger partial charge is 0.306 e. The topological polar surface area (TPSA) is 78.9 Å². The Labute approximate surface area is 425 Å². The number of esters is 3. The van der Waals surface area contributed by atoms with Crippen LogP contribution in [-0.4, -0.2) is 37.2 Å². The third kappa shape index (κ3) is 54.9. The van der Waals surface area contributed by atoms with E-state index in [9.17, 15) is 14.4 Å².